The minimum atomic E-state index is -0.694. The van der Waals surface area contributed by atoms with E-state index >= 15 is 0 Å². The summed E-state index contributed by atoms with van der Waals surface area (Å²) in [6.07, 6.45) is -0.259. The summed E-state index contributed by atoms with van der Waals surface area (Å²) in [4.78, 5) is 99.8. The first-order chi connectivity index (χ1) is 41.5. The first-order valence-electron chi connectivity index (χ1n) is 27.1. The molecular formula is C60H60N8O18. The van der Waals surface area contributed by atoms with Crippen molar-refractivity contribution in [3.63, 3.8) is 0 Å². The van der Waals surface area contributed by atoms with Gasteiger partial charge in [-0.05, 0) is 98.5 Å². The summed E-state index contributed by atoms with van der Waals surface area (Å²) in [6.45, 7) is 3.59. The number of rotatable bonds is 26. The predicted octanol–water partition coefficient (Wildman–Crippen LogP) is 9.01. The van der Waals surface area contributed by atoms with E-state index in [-0.39, 0.29) is 109 Å². The monoisotopic (exact) mass is 1180 g/mol. The van der Waals surface area contributed by atoms with Crippen LogP contribution in [0.5, 0.6) is 23.0 Å². The highest BCUT2D eigenvalue weighted by molar-refractivity contribution is 5.84. The van der Waals surface area contributed by atoms with Gasteiger partial charge in [0.05, 0.1) is 59.0 Å². The average Bonchev–Trinajstić information content (AvgIpc) is 1.76. The number of non-ortho nitro benzene ring substituents is 2. The van der Waals surface area contributed by atoms with Crippen molar-refractivity contribution in [2.45, 2.75) is 53.4 Å². The third kappa shape index (κ3) is 18.2. The maximum absolute atomic E-state index is 13.5. The van der Waals surface area contributed by atoms with Crippen molar-refractivity contribution in [2.75, 3.05) is 65.9 Å². The van der Waals surface area contributed by atoms with Crippen LogP contribution >= 0.6 is 0 Å². The molecule has 0 spiro atoms. The van der Waals surface area contributed by atoms with Crippen molar-refractivity contribution in [1.29, 1.82) is 0 Å². The van der Waals surface area contributed by atoms with Crippen LogP contribution < -0.4 is 29.6 Å². The second-order valence-corrected chi connectivity index (χ2v) is 18.6. The molecule has 0 atom stereocenters. The Morgan fingerprint density at radius 3 is 0.977 bits per heavy atom. The predicted molar refractivity (Wildman–Crippen MR) is 306 cm³/mol. The van der Waals surface area contributed by atoms with Crippen LogP contribution in [0, 0.1) is 20.2 Å². The summed E-state index contributed by atoms with van der Waals surface area (Å²) in [5.41, 5.74) is 4.13. The Hall–Kier alpha value is -10.7. The van der Waals surface area contributed by atoms with E-state index in [9.17, 15) is 49.0 Å². The number of nitrogens with one attached hydrogen (secondary N) is 2. The Morgan fingerprint density at radius 2 is 0.674 bits per heavy atom. The average molecular weight is 1180 g/mol. The summed E-state index contributed by atoms with van der Waals surface area (Å²) >= 11 is 0. The van der Waals surface area contributed by atoms with E-state index in [0.29, 0.717) is 44.5 Å². The number of fused-ring (bicyclic) bond motifs is 8. The van der Waals surface area contributed by atoms with Crippen molar-refractivity contribution in [2.24, 2.45) is 20.5 Å². The lowest BCUT2D eigenvalue weighted by molar-refractivity contribution is -0.385. The van der Waals surface area contributed by atoms with Gasteiger partial charge in [0.25, 0.3) is 23.2 Å². The summed E-state index contributed by atoms with van der Waals surface area (Å²) in [5.74, 6) is -3.35. The number of amides is 2. The molecule has 6 aromatic carbocycles. The van der Waals surface area contributed by atoms with E-state index in [1.165, 1.54) is 48.5 Å². The van der Waals surface area contributed by atoms with E-state index in [1.807, 2.05) is 0 Å². The highest BCUT2D eigenvalue weighted by Gasteiger charge is 2.26. The summed E-state index contributed by atoms with van der Waals surface area (Å²) in [6, 6.07) is 27.9. The molecule has 0 saturated heterocycles. The van der Waals surface area contributed by atoms with Crippen molar-refractivity contribution < 1.29 is 76.5 Å². The number of ether oxygens (including phenoxy) is 8. The molecule has 1 aliphatic rings. The molecule has 26 heteroatoms. The fraction of sp³-hybridized carbons (Fsp3) is 0.300. The first kappa shape index (κ1) is 62.9. The molecule has 0 fully saturated rings. The Balaban J connectivity index is 1.49. The maximum atomic E-state index is 13.5. The van der Waals surface area contributed by atoms with Crippen LogP contribution in [0.25, 0.3) is 0 Å². The lowest BCUT2D eigenvalue weighted by Gasteiger charge is -2.23. The molecule has 0 heterocycles. The van der Waals surface area contributed by atoms with Crippen LogP contribution in [0.3, 0.4) is 0 Å². The van der Waals surface area contributed by atoms with Gasteiger partial charge < -0.3 is 48.5 Å². The third-order valence-electron chi connectivity index (χ3n) is 12.5. The van der Waals surface area contributed by atoms with Gasteiger partial charge in [0.15, 0.2) is 26.4 Å². The third-order valence-corrected chi connectivity index (χ3v) is 12.5. The highest BCUT2D eigenvalue weighted by Crippen LogP contribution is 2.42. The number of carbonyl (C=O) groups excluding carboxylic acids is 6. The van der Waals surface area contributed by atoms with Crippen molar-refractivity contribution >= 4 is 69.8 Å². The van der Waals surface area contributed by atoms with Gasteiger partial charge in [0.1, 0.15) is 36.1 Å². The molecule has 2 amide bonds. The minimum absolute atomic E-state index is 0.0461. The summed E-state index contributed by atoms with van der Waals surface area (Å²) < 4.78 is 46.4. The minimum Gasteiger partial charge on any atom is -0.483 e. The van der Waals surface area contributed by atoms with E-state index in [4.69, 9.17) is 37.9 Å². The largest absolute Gasteiger partial charge is 0.483 e. The van der Waals surface area contributed by atoms with E-state index in [2.05, 4.69) is 31.1 Å². The number of benzene rings is 6. The van der Waals surface area contributed by atoms with Crippen molar-refractivity contribution in [1.82, 2.24) is 10.6 Å². The topological polar surface area (TPSA) is 336 Å². The van der Waals surface area contributed by atoms with Crippen LogP contribution in [-0.2, 0) is 73.4 Å². The number of hydrogen-bond acceptors (Lipinski definition) is 22. The normalized spacial score (nSPS) is 11.7. The van der Waals surface area contributed by atoms with Crippen LogP contribution in [0.15, 0.2) is 130 Å². The molecule has 26 nitrogen and oxygen atoms in total. The lowest BCUT2D eigenvalue weighted by atomic mass is 9.90. The molecule has 0 aliphatic heterocycles. The second-order valence-electron chi connectivity index (χ2n) is 18.6. The molecule has 448 valence electrons. The van der Waals surface area contributed by atoms with Crippen molar-refractivity contribution in [3.8, 4) is 23.0 Å². The number of nitro groups is 2. The highest BCUT2D eigenvalue weighted by atomic mass is 16.6. The Labute approximate surface area is 492 Å². The molecule has 0 unspecified atom stereocenters. The molecular weight excluding hydrogens is 1120 g/mol. The van der Waals surface area contributed by atoms with Gasteiger partial charge >= 0.3 is 23.9 Å². The van der Waals surface area contributed by atoms with E-state index < -0.39 is 85.1 Å². The van der Waals surface area contributed by atoms with Gasteiger partial charge in [-0.2, -0.15) is 20.5 Å². The zero-order chi connectivity index (χ0) is 61.5. The number of hydrogen-bond donors (Lipinski definition) is 2. The Morgan fingerprint density at radius 1 is 0.395 bits per heavy atom. The molecule has 0 saturated carbocycles. The smallest absolute Gasteiger partial charge is 0.344 e. The Kier molecular flexibility index (Phi) is 22.8. The molecule has 1 aliphatic carbocycles. The molecule has 8 bridgehead atoms. The van der Waals surface area contributed by atoms with Gasteiger partial charge in [-0.25, -0.2) is 9.59 Å². The van der Waals surface area contributed by atoms with E-state index in [0.717, 1.165) is 0 Å². The van der Waals surface area contributed by atoms with Crippen LogP contribution in [0.4, 0.5) is 34.1 Å². The van der Waals surface area contributed by atoms with Gasteiger partial charge in [-0.3, -0.25) is 39.4 Å². The first-order valence-corrected chi connectivity index (χ1v) is 27.1. The number of carbonyl (C=O) groups is 6. The van der Waals surface area contributed by atoms with E-state index in [1.54, 1.807) is 88.4 Å². The van der Waals surface area contributed by atoms with Gasteiger partial charge in [0, 0.05) is 72.2 Å². The van der Waals surface area contributed by atoms with Crippen molar-refractivity contribution in [3.05, 3.63) is 174 Å². The number of para-hydroxylation sites is 2. The molecule has 0 radical (unpaired) electrons. The molecule has 86 heavy (non-hydrogen) atoms. The second kappa shape index (κ2) is 31.1. The molecule has 7 rings (SSSR count). The van der Waals surface area contributed by atoms with Gasteiger partial charge in [0.2, 0.25) is 0 Å². The SMILES string of the molecule is CCOC(=O)CNC(=O)COc1c2cc(N=Nc3ccc([N+](=O)[O-])cc3)cc1Cc1cccc(c1OCC(=O)OCC)Cc1cc(N=Nc3ccc([N+](=O)[O-])cc3)cc(c1OCC(=O)NCC(=O)OCC)Cc1cccc(c1OCC(=O)OCC)C2. The number of nitro benzene ring substituents is 2. The standard InChI is InChI=1S/C60H60N8O18/c1-5-79-53(71)31-61-51(69)33-83-59-41-23-37-11-9-13-39(57(37)85-35-55(73)81-7-3)25-43-29-48(66-64-46-17-21-50(22-18-46)68(77)78)30-44(60(43)84-34-52(70)62-32-54(72)80-6-2)26-40-14-10-12-38(58(40)86-36-56(74)82-8-4)24-42(59)28-47(27-41)65-63-45-15-19-49(20-16-45)67(75)76/h9-22,27-30H,5-8,23-26,31-36H2,1-4H3,(H,61,69)(H,62,70). The summed E-state index contributed by atoms with van der Waals surface area (Å²) in [7, 11) is 0. The number of nitrogens with zero attached hydrogens (tertiary/aromatic N) is 6. The van der Waals surface area contributed by atoms with Gasteiger partial charge in [-0.1, -0.05) is 36.4 Å². The Bertz CT molecular complexity index is 3210. The fourth-order valence-corrected chi connectivity index (χ4v) is 8.83. The molecule has 2 N–H and O–H groups in total. The number of esters is 4. The fourth-order valence-electron chi connectivity index (χ4n) is 8.83. The van der Waals surface area contributed by atoms with Crippen LogP contribution in [0.1, 0.15) is 72.2 Å². The zero-order valence-electron chi connectivity index (χ0n) is 47.3. The lowest BCUT2D eigenvalue weighted by Crippen LogP contribution is -2.34. The number of azo groups is 2. The van der Waals surface area contributed by atoms with Crippen LogP contribution in [0.2, 0.25) is 0 Å². The maximum Gasteiger partial charge on any atom is 0.344 e. The summed E-state index contributed by atoms with van der Waals surface area (Å²) in [5, 5.41) is 45.9. The van der Waals surface area contributed by atoms with Crippen LogP contribution in [-0.4, -0.2) is 111 Å². The van der Waals surface area contributed by atoms with Gasteiger partial charge in [-0.15, -0.1) is 0 Å². The zero-order valence-corrected chi connectivity index (χ0v) is 47.3. The molecule has 0 aromatic heterocycles. The quantitative estimate of drug-likeness (QED) is 0.0168. The molecule has 6 aromatic rings.